The molecule has 0 fully saturated rings. The van der Waals surface area contributed by atoms with Crippen molar-refractivity contribution in [3.63, 3.8) is 0 Å². The number of aromatic nitrogens is 4. The van der Waals surface area contributed by atoms with Gasteiger partial charge in [0.05, 0.1) is 6.54 Å². The third-order valence-corrected chi connectivity index (χ3v) is 4.79. The van der Waals surface area contributed by atoms with E-state index in [-0.39, 0.29) is 18.4 Å². The second kappa shape index (κ2) is 7.59. The summed E-state index contributed by atoms with van der Waals surface area (Å²) in [5.41, 5.74) is 2.89. The fourth-order valence-electron chi connectivity index (χ4n) is 3.20. The molecule has 0 bridgehead atoms. The van der Waals surface area contributed by atoms with Crippen molar-refractivity contribution in [2.75, 3.05) is 18.0 Å². The van der Waals surface area contributed by atoms with E-state index in [9.17, 15) is 9.59 Å². The van der Waals surface area contributed by atoms with E-state index in [1.54, 1.807) is 11.8 Å². The Morgan fingerprint density at radius 2 is 1.86 bits per heavy atom. The Kier molecular flexibility index (Phi) is 4.84. The number of para-hydroxylation sites is 1. The lowest BCUT2D eigenvalue weighted by Crippen LogP contribution is -2.41. The zero-order valence-corrected chi connectivity index (χ0v) is 15.4. The van der Waals surface area contributed by atoms with Crippen molar-refractivity contribution in [1.29, 1.82) is 0 Å². The normalized spacial score (nSPS) is 13.8. The highest BCUT2D eigenvalue weighted by molar-refractivity contribution is 5.98. The molecular formula is C20H20N6O2. The number of amides is 2. The van der Waals surface area contributed by atoms with Crippen LogP contribution in [0, 0.1) is 0 Å². The number of anilines is 1. The summed E-state index contributed by atoms with van der Waals surface area (Å²) in [5, 5.41) is 14.9. The number of nitrogens with one attached hydrogen (secondary N) is 1. The van der Waals surface area contributed by atoms with Crippen LogP contribution in [0.15, 0.2) is 54.6 Å². The van der Waals surface area contributed by atoms with Crippen LogP contribution >= 0.6 is 0 Å². The molecule has 8 heteroatoms. The van der Waals surface area contributed by atoms with Crippen LogP contribution in [0.3, 0.4) is 0 Å². The molecular weight excluding hydrogens is 356 g/mol. The maximum Gasteiger partial charge on any atom is 0.246 e. The molecule has 1 aliphatic rings. The number of fused-ring (bicyclic) bond motifs is 1. The summed E-state index contributed by atoms with van der Waals surface area (Å²) in [5.74, 6) is -0.0233. The van der Waals surface area contributed by atoms with E-state index in [2.05, 4.69) is 20.7 Å². The third kappa shape index (κ3) is 3.48. The molecule has 1 atom stereocenters. The average Bonchev–Trinajstić information content (AvgIpc) is 3.39. The van der Waals surface area contributed by atoms with E-state index in [1.807, 2.05) is 54.6 Å². The highest BCUT2D eigenvalue weighted by Crippen LogP contribution is 2.27. The molecule has 2 amide bonds. The molecule has 2 heterocycles. The van der Waals surface area contributed by atoms with E-state index in [0.717, 1.165) is 23.2 Å². The Hall–Kier alpha value is -3.55. The molecule has 1 unspecified atom stereocenters. The SMILES string of the molecule is CC(C(=O)NCC(=O)N1CCc2ccccc21)n1nnc(-c2ccccc2)n1. The monoisotopic (exact) mass is 376 g/mol. The van der Waals surface area contributed by atoms with Gasteiger partial charge in [0.2, 0.25) is 17.6 Å². The molecule has 28 heavy (non-hydrogen) atoms. The van der Waals surface area contributed by atoms with Crippen molar-refractivity contribution in [1.82, 2.24) is 25.5 Å². The van der Waals surface area contributed by atoms with Gasteiger partial charge in [-0.3, -0.25) is 9.59 Å². The molecule has 1 aliphatic heterocycles. The molecule has 3 aromatic rings. The number of hydrogen-bond donors (Lipinski definition) is 1. The van der Waals surface area contributed by atoms with Gasteiger partial charge in [-0.1, -0.05) is 48.5 Å². The molecule has 0 saturated heterocycles. The summed E-state index contributed by atoms with van der Waals surface area (Å²) in [4.78, 5) is 27.9. The third-order valence-electron chi connectivity index (χ3n) is 4.79. The van der Waals surface area contributed by atoms with Gasteiger partial charge >= 0.3 is 0 Å². The number of nitrogens with zero attached hydrogens (tertiary/aromatic N) is 5. The van der Waals surface area contributed by atoms with Crippen LogP contribution in [-0.4, -0.2) is 45.1 Å². The molecule has 2 aromatic carbocycles. The summed E-state index contributed by atoms with van der Waals surface area (Å²) < 4.78 is 0. The van der Waals surface area contributed by atoms with Gasteiger partial charge in [0, 0.05) is 17.8 Å². The summed E-state index contributed by atoms with van der Waals surface area (Å²) in [7, 11) is 0. The van der Waals surface area contributed by atoms with Crippen LogP contribution in [-0.2, 0) is 16.0 Å². The van der Waals surface area contributed by atoms with E-state index < -0.39 is 6.04 Å². The minimum Gasteiger partial charge on any atom is -0.345 e. The van der Waals surface area contributed by atoms with Crippen LogP contribution < -0.4 is 10.2 Å². The quantitative estimate of drug-likeness (QED) is 0.730. The van der Waals surface area contributed by atoms with E-state index in [4.69, 9.17) is 0 Å². The number of tetrazole rings is 1. The maximum atomic E-state index is 12.5. The lowest BCUT2D eigenvalue weighted by atomic mass is 10.2. The van der Waals surface area contributed by atoms with Crippen molar-refractivity contribution in [2.24, 2.45) is 0 Å². The van der Waals surface area contributed by atoms with Gasteiger partial charge < -0.3 is 10.2 Å². The molecule has 0 radical (unpaired) electrons. The first-order chi connectivity index (χ1) is 13.6. The summed E-state index contributed by atoms with van der Waals surface area (Å²) in [6.45, 7) is 2.23. The molecule has 0 spiro atoms. The molecule has 142 valence electrons. The standard InChI is InChI=1S/C20H20N6O2/c1-14(26-23-19(22-24-26)16-8-3-2-4-9-16)20(28)21-13-18(27)25-12-11-15-7-5-6-10-17(15)25/h2-10,14H,11-13H2,1H3,(H,21,28). The van der Waals surface area contributed by atoms with Crippen molar-refractivity contribution in [2.45, 2.75) is 19.4 Å². The van der Waals surface area contributed by atoms with Crippen molar-refractivity contribution >= 4 is 17.5 Å². The minimum absolute atomic E-state index is 0.0717. The zero-order chi connectivity index (χ0) is 19.5. The van der Waals surface area contributed by atoms with Crippen molar-refractivity contribution in [3.05, 3.63) is 60.2 Å². The minimum atomic E-state index is -0.677. The Labute approximate surface area is 162 Å². The Morgan fingerprint density at radius 3 is 2.68 bits per heavy atom. The Bertz CT molecular complexity index is 1000. The van der Waals surface area contributed by atoms with Gasteiger partial charge in [0.1, 0.15) is 6.04 Å². The van der Waals surface area contributed by atoms with Crippen LogP contribution in [0.4, 0.5) is 5.69 Å². The molecule has 0 saturated carbocycles. The first kappa shape index (κ1) is 17.8. The zero-order valence-electron chi connectivity index (χ0n) is 15.4. The lowest BCUT2D eigenvalue weighted by molar-refractivity contribution is -0.127. The first-order valence-electron chi connectivity index (χ1n) is 9.14. The number of carbonyl (C=O) groups excluding carboxylic acids is 2. The second-order valence-electron chi connectivity index (χ2n) is 6.62. The largest absolute Gasteiger partial charge is 0.345 e. The molecule has 1 aromatic heterocycles. The Balaban J connectivity index is 1.37. The second-order valence-corrected chi connectivity index (χ2v) is 6.62. The van der Waals surface area contributed by atoms with E-state index >= 15 is 0 Å². The van der Waals surface area contributed by atoms with Crippen LogP contribution in [0.1, 0.15) is 18.5 Å². The number of hydrogen-bond acceptors (Lipinski definition) is 5. The van der Waals surface area contributed by atoms with Crippen molar-refractivity contribution in [3.8, 4) is 11.4 Å². The predicted molar refractivity (Wildman–Crippen MR) is 103 cm³/mol. The topological polar surface area (TPSA) is 93.0 Å². The molecule has 0 aliphatic carbocycles. The number of rotatable bonds is 5. The summed E-state index contributed by atoms with van der Waals surface area (Å²) >= 11 is 0. The molecule has 8 nitrogen and oxygen atoms in total. The van der Waals surface area contributed by atoms with Gasteiger partial charge in [0.15, 0.2) is 0 Å². The Morgan fingerprint density at radius 1 is 1.11 bits per heavy atom. The van der Waals surface area contributed by atoms with E-state index in [1.165, 1.54) is 4.80 Å². The fraction of sp³-hybridized carbons (Fsp3) is 0.250. The predicted octanol–water partition coefficient (Wildman–Crippen LogP) is 1.61. The summed E-state index contributed by atoms with van der Waals surface area (Å²) in [6, 6.07) is 16.6. The highest BCUT2D eigenvalue weighted by atomic mass is 16.2. The average molecular weight is 376 g/mol. The van der Waals surface area contributed by atoms with Crippen LogP contribution in [0.5, 0.6) is 0 Å². The van der Waals surface area contributed by atoms with Gasteiger partial charge in [-0.25, -0.2) is 0 Å². The fourth-order valence-corrected chi connectivity index (χ4v) is 3.20. The first-order valence-corrected chi connectivity index (χ1v) is 9.14. The van der Waals surface area contributed by atoms with Crippen LogP contribution in [0.25, 0.3) is 11.4 Å². The smallest absolute Gasteiger partial charge is 0.246 e. The van der Waals surface area contributed by atoms with Gasteiger partial charge in [0.25, 0.3) is 0 Å². The molecule has 4 rings (SSSR count). The highest BCUT2D eigenvalue weighted by Gasteiger charge is 2.25. The number of carbonyl (C=O) groups is 2. The number of benzene rings is 2. The maximum absolute atomic E-state index is 12.5. The lowest BCUT2D eigenvalue weighted by Gasteiger charge is -2.18. The van der Waals surface area contributed by atoms with E-state index in [0.29, 0.717) is 12.4 Å². The van der Waals surface area contributed by atoms with Crippen molar-refractivity contribution < 1.29 is 9.59 Å². The van der Waals surface area contributed by atoms with Gasteiger partial charge in [-0.2, -0.15) is 4.80 Å². The van der Waals surface area contributed by atoms with Crippen LogP contribution in [0.2, 0.25) is 0 Å². The van der Waals surface area contributed by atoms with Gasteiger partial charge in [-0.15, -0.1) is 10.2 Å². The summed E-state index contributed by atoms with van der Waals surface area (Å²) in [6.07, 6.45) is 0.831. The van der Waals surface area contributed by atoms with Gasteiger partial charge in [-0.05, 0) is 30.2 Å². The molecule has 1 N–H and O–H groups in total.